The Labute approximate surface area is 135 Å². The van der Waals surface area contributed by atoms with Crippen LogP contribution >= 0.6 is 0 Å². The molecule has 0 fully saturated rings. The van der Waals surface area contributed by atoms with Crippen LogP contribution in [0.15, 0.2) is 47.4 Å². The molecule has 0 aromatic heterocycles. The molecule has 0 aliphatic carbocycles. The second-order valence-electron chi connectivity index (χ2n) is 4.72. The predicted molar refractivity (Wildman–Crippen MR) is 87.9 cm³/mol. The Balaban J connectivity index is 2.44. The van der Waals surface area contributed by atoms with Crippen molar-refractivity contribution in [2.75, 3.05) is 11.8 Å². The number of sulfonamides is 1. The molecule has 2 rings (SSSR count). The van der Waals surface area contributed by atoms with Crippen molar-refractivity contribution in [2.24, 2.45) is 0 Å². The summed E-state index contributed by atoms with van der Waals surface area (Å²) < 4.78 is 32.5. The number of carbonyl (C=O) groups is 1. The van der Waals surface area contributed by atoms with Crippen LogP contribution in [0.5, 0.6) is 5.75 Å². The number of nitrogens with one attached hydrogen (secondary N) is 1. The first-order valence-corrected chi connectivity index (χ1v) is 8.17. The summed E-state index contributed by atoms with van der Waals surface area (Å²) in [6.07, 6.45) is 0.447. The Morgan fingerprint density at radius 3 is 2.43 bits per heavy atom. The number of anilines is 1. The molecule has 0 radical (unpaired) electrons. The summed E-state index contributed by atoms with van der Waals surface area (Å²) >= 11 is 0. The highest BCUT2D eigenvalue weighted by Gasteiger charge is 2.16. The monoisotopic (exact) mass is 329 g/mol. The lowest BCUT2D eigenvalue weighted by Crippen LogP contribution is -2.14. The molecule has 0 saturated carbocycles. The number of aryl methyl sites for hydroxylation is 1. The molecule has 0 unspecified atom stereocenters. The first-order chi connectivity index (χ1) is 11.0. The lowest BCUT2D eigenvalue weighted by atomic mass is 10.2. The van der Waals surface area contributed by atoms with E-state index in [-0.39, 0.29) is 10.6 Å². The topological polar surface area (TPSA) is 72.5 Å². The standard InChI is InChI=1S/C17H15NO4S/c1-13-5-9-16(10-6-13)23(20,21)18-17-12-15(22-2)8-7-14(17)4-3-11-19/h5-12,18H,1-2H3. The molecule has 0 aliphatic rings. The summed E-state index contributed by atoms with van der Waals surface area (Å²) in [7, 11) is -2.29. The van der Waals surface area contributed by atoms with E-state index >= 15 is 0 Å². The van der Waals surface area contributed by atoms with E-state index in [1.54, 1.807) is 24.3 Å². The first-order valence-electron chi connectivity index (χ1n) is 6.69. The van der Waals surface area contributed by atoms with E-state index in [0.29, 0.717) is 17.6 Å². The van der Waals surface area contributed by atoms with Crippen molar-refractivity contribution >= 4 is 22.0 Å². The van der Waals surface area contributed by atoms with Gasteiger partial charge in [-0.1, -0.05) is 23.6 Å². The lowest BCUT2D eigenvalue weighted by Gasteiger charge is -2.11. The zero-order chi connectivity index (χ0) is 16.9. The van der Waals surface area contributed by atoms with Gasteiger partial charge in [0.1, 0.15) is 5.75 Å². The van der Waals surface area contributed by atoms with Gasteiger partial charge in [-0.05, 0) is 37.1 Å². The van der Waals surface area contributed by atoms with Gasteiger partial charge in [0.2, 0.25) is 0 Å². The minimum atomic E-state index is -3.76. The van der Waals surface area contributed by atoms with Crippen molar-refractivity contribution in [1.29, 1.82) is 0 Å². The second-order valence-corrected chi connectivity index (χ2v) is 6.40. The zero-order valence-corrected chi connectivity index (χ0v) is 13.5. The number of carbonyl (C=O) groups excluding carboxylic acids is 1. The third kappa shape index (κ3) is 4.11. The highest BCUT2D eigenvalue weighted by atomic mass is 32.2. The van der Waals surface area contributed by atoms with Crippen molar-refractivity contribution in [2.45, 2.75) is 11.8 Å². The molecular weight excluding hydrogens is 314 g/mol. The first kappa shape index (κ1) is 16.6. The Morgan fingerprint density at radius 2 is 1.83 bits per heavy atom. The van der Waals surface area contributed by atoms with Gasteiger partial charge in [0.25, 0.3) is 10.0 Å². The third-order valence-electron chi connectivity index (χ3n) is 3.07. The van der Waals surface area contributed by atoms with Gasteiger partial charge < -0.3 is 4.74 Å². The molecule has 0 bridgehead atoms. The molecule has 0 spiro atoms. The van der Waals surface area contributed by atoms with Gasteiger partial charge in [-0.3, -0.25) is 9.52 Å². The highest BCUT2D eigenvalue weighted by Crippen LogP contribution is 2.25. The Kier molecular flexibility index (Phi) is 5.04. The largest absolute Gasteiger partial charge is 0.497 e. The Bertz CT molecular complexity index is 875. The number of methoxy groups -OCH3 is 1. The zero-order valence-electron chi connectivity index (χ0n) is 12.7. The lowest BCUT2D eigenvalue weighted by molar-refractivity contribution is -0.103. The van der Waals surface area contributed by atoms with Crippen LogP contribution in [0, 0.1) is 18.8 Å². The fraction of sp³-hybridized carbons (Fsp3) is 0.118. The number of aldehydes is 1. The van der Waals surface area contributed by atoms with Crippen LogP contribution in [0.3, 0.4) is 0 Å². The van der Waals surface area contributed by atoms with Crippen LogP contribution in [-0.2, 0) is 14.8 Å². The molecule has 1 N–H and O–H groups in total. The number of hydrogen-bond acceptors (Lipinski definition) is 4. The van der Waals surface area contributed by atoms with Crippen molar-refractivity contribution in [3.63, 3.8) is 0 Å². The van der Waals surface area contributed by atoms with Crippen LogP contribution in [-0.4, -0.2) is 21.8 Å². The van der Waals surface area contributed by atoms with E-state index in [1.807, 2.05) is 6.92 Å². The van der Waals surface area contributed by atoms with Gasteiger partial charge in [0.15, 0.2) is 6.29 Å². The Morgan fingerprint density at radius 1 is 1.13 bits per heavy atom. The summed E-state index contributed by atoms with van der Waals surface area (Å²) in [5.41, 5.74) is 1.59. The van der Waals surface area contributed by atoms with E-state index in [2.05, 4.69) is 16.6 Å². The van der Waals surface area contributed by atoms with E-state index in [0.717, 1.165) is 5.56 Å². The van der Waals surface area contributed by atoms with Crippen LogP contribution in [0.1, 0.15) is 11.1 Å². The second kappa shape index (κ2) is 6.99. The molecule has 5 nitrogen and oxygen atoms in total. The quantitative estimate of drug-likeness (QED) is 0.690. The summed E-state index contributed by atoms with van der Waals surface area (Å²) in [5.74, 6) is 5.34. The molecule has 0 amide bonds. The fourth-order valence-electron chi connectivity index (χ4n) is 1.87. The number of benzene rings is 2. The third-order valence-corrected chi connectivity index (χ3v) is 4.45. The molecular formula is C17H15NO4S. The predicted octanol–water partition coefficient (Wildman–Crippen LogP) is 2.35. The summed E-state index contributed by atoms with van der Waals surface area (Å²) in [6.45, 7) is 1.87. The van der Waals surface area contributed by atoms with Gasteiger partial charge >= 0.3 is 0 Å². The maximum Gasteiger partial charge on any atom is 0.261 e. The van der Waals surface area contributed by atoms with Gasteiger partial charge in [0, 0.05) is 11.6 Å². The van der Waals surface area contributed by atoms with Crippen LogP contribution in [0.25, 0.3) is 0 Å². The molecule has 0 aliphatic heterocycles. The SMILES string of the molecule is COc1ccc(C#CC=O)c(NS(=O)(=O)c2ccc(C)cc2)c1. The van der Waals surface area contributed by atoms with Crippen LogP contribution in [0.4, 0.5) is 5.69 Å². The molecule has 0 atom stereocenters. The Hall–Kier alpha value is -2.78. The van der Waals surface area contributed by atoms with Crippen molar-refractivity contribution in [1.82, 2.24) is 0 Å². The summed E-state index contributed by atoms with van der Waals surface area (Å²) in [5, 5.41) is 0. The van der Waals surface area contributed by atoms with E-state index in [4.69, 9.17) is 4.74 Å². The number of rotatable bonds is 4. The normalized spacial score (nSPS) is 10.3. The average molecular weight is 329 g/mol. The highest BCUT2D eigenvalue weighted by molar-refractivity contribution is 7.92. The molecule has 2 aromatic carbocycles. The van der Waals surface area contributed by atoms with Crippen LogP contribution in [0.2, 0.25) is 0 Å². The minimum Gasteiger partial charge on any atom is -0.497 e. The van der Waals surface area contributed by atoms with E-state index in [1.165, 1.54) is 25.3 Å². The smallest absolute Gasteiger partial charge is 0.261 e. The maximum absolute atomic E-state index is 12.5. The molecule has 6 heteroatoms. The maximum atomic E-state index is 12.5. The van der Waals surface area contributed by atoms with Crippen molar-refractivity contribution < 1.29 is 17.9 Å². The fourth-order valence-corrected chi connectivity index (χ4v) is 2.94. The minimum absolute atomic E-state index is 0.139. The molecule has 0 saturated heterocycles. The number of hydrogen-bond donors (Lipinski definition) is 1. The van der Waals surface area contributed by atoms with Gasteiger partial charge in [-0.15, -0.1) is 0 Å². The molecule has 2 aromatic rings. The van der Waals surface area contributed by atoms with Crippen molar-refractivity contribution in [3.05, 3.63) is 53.6 Å². The summed E-state index contributed by atoms with van der Waals surface area (Å²) in [4.78, 5) is 10.6. The van der Waals surface area contributed by atoms with Crippen LogP contribution < -0.4 is 9.46 Å². The summed E-state index contributed by atoms with van der Waals surface area (Å²) in [6, 6.07) is 11.2. The van der Waals surface area contributed by atoms with Crippen molar-refractivity contribution in [3.8, 4) is 17.6 Å². The number of ether oxygens (including phenoxy) is 1. The molecule has 118 valence electrons. The average Bonchev–Trinajstić information content (AvgIpc) is 2.53. The molecule has 0 heterocycles. The van der Waals surface area contributed by atoms with Gasteiger partial charge in [0.05, 0.1) is 17.7 Å². The molecule has 23 heavy (non-hydrogen) atoms. The van der Waals surface area contributed by atoms with Gasteiger partial charge in [-0.25, -0.2) is 8.42 Å². The van der Waals surface area contributed by atoms with E-state index in [9.17, 15) is 13.2 Å². The van der Waals surface area contributed by atoms with E-state index < -0.39 is 10.0 Å². The van der Waals surface area contributed by atoms with Gasteiger partial charge in [-0.2, -0.15) is 0 Å².